The maximum atomic E-state index is 12.4. The summed E-state index contributed by atoms with van der Waals surface area (Å²) in [6, 6.07) is 10.6. The zero-order valence-electron chi connectivity index (χ0n) is 22.2. The van der Waals surface area contributed by atoms with Crippen LogP contribution in [-0.2, 0) is 11.3 Å². The van der Waals surface area contributed by atoms with Gasteiger partial charge in [-0.05, 0) is 82.1 Å². The second-order valence-corrected chi connectivity index (χ2v) is 11.9. The van der Waals surface area contributed by atoms with E-state index >= 15 is 0 Å². The summed E-state index contributed by atoms with van der Waals surface area (Å²) in [6.07, 6.45) is 8.85. The van der Waals surface area contributed by atoms with Crippen LogP contribution in [0.15, 0.2) is 35.4 Å². The number of thioether (sulfide) groups is 1. The van der Waals surface area contributed by atoms with Gasteiger partial charge in [0.05, 0.1) is 6.20 Å². The van der Waals surface area contributed by atoms with E-state index in [0.717, 1.165) is 32.2 Å². The maximum Gasteiger partial charge on any atom is 0.407 e. The van der Waals surface area contributed by atoms with Gasteiger partial charge in [-0.15, -0.1) is 11.8 Å². The number of anilines is 2. The average molecular weight is 523 g/mol. The van der Waals surface area contributed by atoms with Crippen LogP contribution in [0.2, 0.25) is 0 Å². The first-order valence-corrected chi connectivity index (χ1v) is 14.3. The summed E-state index contributed by atoms with van der Waals surface area (Å²) in [5.74, 6) is 2.41. The van der Waals surface area contributed by atoms with E-state index in [9.17, 15) is 10.1 Å². The number of nitrogens with zero attached hydrogens (tertiary/aromatic N) is 3. The minimum atomic E-state index is -0.498. The zero-order chi connectivity index (χ0) is 26.4. The van der Waals surface area contributed by atoms with Crippen molar-refractivity contribution in [3.63, 3.8) is 0 Å². The number of benzene rings is 1. The number of hydrogen-bond acceptors (Lipinski definition) is 8. The Kier molecular flexibility index (Phi) is 8.80. The molecule has 37 heavy (non-hydrogen) atoms. The normalized spacial score (nSPS) is 23.0. The number of ether oxygens (including phenoxy) is 1. The fourth-order valence-corrected chi connectivity index (χ4v) is 6.28. The standard InChI is InChI=1S/C28H38N6O2S/c1-28(2,3)36-27(35)33-24-19-9-7-10-20(24)13-18(12-19)15-30-25-22(14-29)17-32-26(34-25)31-16-21-8-5-6-11-23(21)37-4/h5-6,8,11,17-20,24H,7,9-10,12-13,15-16H2,1-4H3,(H,33,35)(H2,30,31,32,34)/t18?,19-,20+,24-. The van der Waals surface area contributed by atoms with Crippen molar-refractivity contribution in [2.24, 2.45) is 17.8 Å². The molecule has 0 saturated heterocycles. The van der Waals surface area contributed by atoms with Gasteiger partial charge in [-0.1, -0.05) is 24.6 Å². The number of fused-ring (bicyclic) bond motifs is 2. The molecule has 1 amide bonds. The fourth-order valence-electron chi connectivity index (χ4n) is 5.66. The van der Waals surface area contributed by atoms with Gasteiger partial charge in [-0.2, -0.15) is 10.2 Å². The minimum absolute atomic E-state index is 0.175. The van der Waals surface area contributed by atoms with Gasteiger partial charge in [0.25, 0.3) is 0 Å². The van der Waals surface area contributed by atoms with E-state index in [-0.39, 0.29) is 12.1 Å². The lowest BCUT2D eigenvalue weighted by molar-refractivity contribution is 0.0324. The van der Waals surface area contributed by atoms with Crippen LogP contribution < -0.4 is 16.0 Å². The fraction of sp³-hybridized carbons (Fsp3) is 0.571. The van der Waals surface area contributed by atoms with E-state index in [1.807, 2.05) is 32.9 Å². The van der Waals surface area contributed by atoms with Crippen LogP contribution >= 0.6 is 11.8 Å². The van der Waals surface area contributed by atoms with E-state index in [0.29, 0.717) is 41.6 Å². The Morgan fingerprint density at radius 2 is 1.92 bits per heavy atom. The van der Waals surface area contributed by atoms with E-state index in [2.05, 4.69) is 50.4 Å². The van der Waals surface area contributed by atoms with Crippen molar-refractivity contribution in [1.29, 1.82) is 5.26 Å². The number of hydrogen-bond donors (Lipinski definition) is 3. The summed E-state index contributed by atoms with van der Waals surface area (Å²) in [5.41, 5.74) is 1.12. The molecule has 2 saturated carbocycles. The third kappa shape index (κ3) is 7.29. The SMILES string of the molecule is CSc1ccccc1CNc1ncc(C#N)c(NCC2C[C@H]3CCC[C@@H](C2)[C@@H]3NC(=O)OC(C)(C)C)n1. The van der Waals surface area contributed by atoms with Gasteiger partial charge in [0.15, 0.2) is 0 Å². The Morgan fingerprint density at radius 1 is 1.19 bits per heavy atom. The summed E-state index contributed by atoms with van der Waals surface area (Å²) in [6.45, 7) is 7.03. The van der Waals surface area contributed by atoms with E-state index in [1.54, 1.807) is 18.0 Å². The molecule has 2 fully saturated rings. The lowest BCUT2D eigenvalue weighted by Crippen LogP contribution is -2.52. The minimum Gasteiger partial charge on any atom is -0.444 e. The Morgan fingerprint density at radius 3 is 2.59 bits per heavy atom. The lowest BCUT2D eigenvalue weighted by Gasteiger charge is -2.46. The monoisotopic (exact) mass is 522 g/mol. The molecule has 4 atom stereocenters. The van der Waals surface area contributed by atoms with E-state index in [1.165, 1.54) is 16.9 Å². The number of nitrogens with one attached hydrogen (secondary N) is 3. The predicted molar refractivity (Wildman–Crippen MR) is 147 cm³/mol. The third-order valence-corrected chi connectivity index (χ3v) is 8.06. The van der Waals surface area contributed by atoms with Crippen molar-refractivity contribution in [1.82, 2.24) is 15.3 Å². The van der Waals surface area contributed by atoms with Gasteiger partial charge < -0.3 is 20.7 Å². The van der Waals surface area contributed by atoms with Crippen LogP contribution in [0.1, 0.15) is 64.0 Å². The quantitative estimate of drug-likeness (QED) is 0.372. The molecule has 0 aliphatic heterocycles. The van der Waals surface area contributed by atoms with Crippen LogP contribution in [0, 0.1) is 29.1 Å². The molecule has 2 aromatic rings. The Bertz CT molecular complexity index is 1110. The molecule has 2 aliphatic carbocycles. The molecule has 4 rings (SSSR count). The molecule has 9 heteroatoms. The molecule has 1 heterocycles. The van der Waals surface area contributed by atoms with Crippen molar-refractivity contribution >= 4 is 29.6 Å². The molecule has 1 unspecified atom stereocenters. The molecule has 1 aromatic carbocycles. The van der Waals surface area contributed by atoms with Crippen molar-refractivity contribution in [3.05, 3.63) is 41.6 Å². The smallest absolute Gasteiger partial charge is 0.407 e. The number of carbonyl (C=O) groups is 1. The van der Waals surface area contributed by atoms with Crippen LogP contribution in [0.3, 0.4) is 0 Å². The molecule has 3 N–H and O–H groups in total. The van der Waals surface area contributed by atoms with E-state index < -0.39 is 5.60 Å². The van der Waals surface area contributed by atoms with Crippen molar-refractivity contribution in [2.75, 3.05) is 23.4 Å². The molecule has 2 aliphatic rings. The van der Waals surface area contributed by atoms with Crippen molar-refractivity contribution < 1.29 is 9.53 Å². The van der Waals surface area contributed by atoms with Crippen LogP contribution in [-0.4, -0.2) is 40.5 Å². The van der Waals surface area contributed by atoms with Gasteiger partial charge >= 0.3 is 6.09 Å². The number of alkyl carbamates (subject to hydrolysis) is 1. The number of nitriles is 1. The average Bonchev–Trinajstić information content (AvgIpc) is 2.85. The van der Waals surface area contributed by atoms with Gasteiger partial charge in [0.2, 0.25) is 5.95 Å². The lowest BCUT2D eigenvalue weighted by atomic mass is 9.64. The maximum absolute atomic E-state index is 12.4. The Hall–Kier alpha value is -2.99. The van der Waals surface area contributed by atoms with Gasteiger partial charge in [-0.3, -0.25) is 0 Å². The van der Waals surface area contributed by atoms with Gasteiger partial charge in [0, 0.05) is 24.0 Å². The Labute approximate surface area is 224 Å². The molecule has 0 radical (unpaired) electrons. The molecule has 1 aromatic heterocycles. The number of rotatable bonds is 8. The van der Waals surface area contributed by atoms with Crippen molar-refractivity contribution in [2.45, 2.75) is 76.0 Å². The second kappa shape index (κ2) is 12.0. The first-order valence-electron chi connectivity index (χ1n) is 13.1. The molecule has 198 valence electrons. The summed E-state index contributed by atoms with van der Waals surface area (Å²) < 4.78 is 5.52. The number of carbonyl (C=O) groups excluding carboxylic acids is 1. The van der Waals surface area contributed by atoms with Gasteiger partial charge in [0.1, 0.15) is 23.1 Å². The highest BCUT2D eigenvalue weighted by Gasteiger charge is 2.41. The molecule has 2 bridgehead atoms. The summed E-state index contributed by atoms with van der Waals surface area (Å²) in [4.78, 5) is 22.6. The number of aromatic nitrogens is 2. The third-order valence-electron chi connectivity index (χ3n) is 7.22. The topological polar surface area (TPSA) is 112 Å². The summed E-state index contributed by atoms with van der Waals surface area (Å²) in [7, 11) is 0. The van der Waals surface area contributed by atoms with Crippen LogP contribution in [0.25, 0.3) is 0 Å². The summed E-state index contributed by atoms with van der Waals surface area (Å²) in [5, 5.41) is 19.5. The summed E-state index contributed by atoms with van der Waals surface area (Å²) >= 11 is 1.71. The molecular weight excluding hydrogens is 484 g/mol. The second-order valence-electron chi connectivity index (χ2n) is 11.1. The first kappa shape index (κ1) is 27.1. The molecule has 8 nitrogen and oxygen atoms in total. The Balaban J connectivity index is 1.36. The first-order chi connectivity index (χ1) is 17.8. The van der Waals surface area contributed by atoms with E-state index in [4.69, 9.17) is 4.74 Å². The van der Waals surface area contributed by atoms with Crippen LogP contribution in [0.4, 0.5) is 16.6 Å². The molecule has 0 spiro atoms. The highest BCUT2D eigenvalue weighted by molar-refractivity contribution is 7.98. The highest BCUT2D eigenvalue weighted by atomic mass is 32.2. The largest absolute Gasteiger partial charge is 0.444 e. The highest BCUT2D eigenvalue weighted by Crippen LogP contribution is 2.43. The predicted octanol–water partition coefficient (Wildman–Crippen LogP) is 5.81. The van der Waals surface area contributed by atoms with Crippen molar-refractivity contribution in [3.8, 4) is 6.07 Å². The number of amides is 1. The van der Waals surface area contributed by atoms with Crippen LogP contribution in [0.5, 0.6) is 0 Å². The molecular formula is C28H38N6O2S. The zero-order valence-corrected chi connectivity index (χ0v) is 23.0. The van der Waals surface area contributed by atoms with Gasteiger partial charge in [-0.25, -0.2) is 9.78 Å².